The maximum atomic E-state index is 12.8. The van der Waals surface area contributed by atoms with Crippen LogP contribution < -0.4 is 5.73 Å². The number of hydrogen-bond donors (Lipinski definition) is 1. The summed E-state index contributed by atoms with van der Waals surface area (Å²) < 4.78 is 12.8. The highest BCUT2D eigenvalue weighted by atomic mass is 79.9. The Morgan fingerprint density at radius 2 is 2.15 bits per heavy atom. The first-order chi connectivity index (χ1) is 6.00. The molecule has 13 heavy (non-hydrogen) atoms. The van der Waals surface area contributed by atoms with Crippen molar-refractivity contribution in [2.45, 2.75) is 11.8 Å². The second-order valence-electron chi connectivity index (χ2n) is 2.79. The van der Waals surface area contributed by atoms with Gasteiger partial charge in [0.1, 0.15) is 11.6 Å². The highest BCUT2D eigenvalue weighted by Crippen LogP contribution is 2.25. The Kier molecular flexibility index (Phi) is 3.03. The van der Waals surface area contributed by atoms with Gasteiger partial charge in [0.05, 0.1) is 4.83 Å². The van der Waals surface area contributed by atoms with Crippen LogP contribution in [-0.2, 0) is 4.79 Å². The van der Waals surface area contributed by atoms with E-state index in [0.717, 1.165) is 0 Å². The summed E-state index contributed by atoms with van der Waals surface area (Å²) in [5.74, 6) is -0.509. The van der Waals surface area contributed by atoms with Crippen molar-refractivity contribution in [1.82, 2.24) is 0 Å². The van der Waals surface area contributed by atoms with E-state index in [0.29, 0.717) is 11.3 Å². The molecule has 0 aromatic heterocycles. The van der Waals surface area contributed by atoms with E-state index in [1.54, 1.807) is 6.07 Å². The van der Waals surface area contributed by atoms with Crippen LogP contribution in [0, 0.1) is 5.82 Å². The summed E-state index contributed by atoms with van der Waals surface area (Å²) in [4.78, 5) is 10.5. The third kappa shape index (κ3) is 2.52. The Morgan fingerprint density at radius 1 is 1.54 bits per heavy atom. The molecule has 1 aromatic carbocycles. The van der Waals surface area contributed by atoms with Crippen molar-refractivity contribution in [2.75, 3.05) is 5.73 Å². The van der Waals surface area contributed by atoms with Crippen LogP contribution in [0.25, 0.3) is 0 Å². The largest absolute Gasteiger partial charge is 0.399 e. The number of nitrogen functional groups attached to an aromatic ring is 1. The van der Waals surface area contributed by atoms with Crippen molar-refractivity contribution < 1.29 is 9.18 Å². The van der Waals surface area contributed by atoms with Gasteiger partial charge in [-0.05, 0) is 30.7 Å². The Morgan fingerprint density at radius 3 is 2.62 bits per heavy atom. The lowest BCUT2D eigenvalue weighted by Crippen LogP contribution is -2.02. The summed E-state index contributed by atoms with van der Waals surface area (Å²) in [6.07, 6.45) is 0. The van der Waals surface area contributed by atoms with E-state index < -0.39 is 10.6 Å². The van der Waals surface area contributed by atoms with E-state index in [1.807, 2.05) is 0 Å². The number of nitrogens with two attached hydrogens (primary N) is 1. The lowest BCUT2D eigenvalue weighted by atomic mass is 10.1. The van der Waals surface area contributed by atoms with Gasteiger partial charge in [0, 0.05) is 5.69 Å². The molecule has 0 aliphatic rings. The van der Waals surface area contributed by atoms with E-state index in [4.69, 9.17) is 5.73 Å². The molecule has 70 valence electrons. The van der Waals surface area contributed by atoms with Crippen molar-refractivity contribution in [2.24, 2.45) is 0 Å². The summed E-state index contributed by atoms with van der Waals surface area (Å²) in [6, 6.07) is 4.07. The zero-order valence-corrected chi connectivity index (χ0v) is 8.64. The molecule has 0 fully saturated rings. The van der Waals surface area contributed by atoms with E-state index in [9.17, 15) is 9.18 Å². The van der Waals surface area contributed by atoms with Crippen LogP contribution in [0.15, 0.2) is 18.2 Å². The zero-order valence-electron chi connectivity index (χ0n) is 7.05. The third-order valence-electron chi connectivity index (χ3n) is 1.59. The molecule has 2 N–H and O–H groups in total. The Labute approximate surface area is 84.1 Å². The van der Waals surface area contributed by atoms with Gasteiger partial charge in [0.2, 0.25) is 0 Å². The molecule has 1 unspecified atom stereocenters. The van der Waals surface area contributed by atoms with Crippen LogP contribution in [-0.4, -0.2) is 5.78 Å². The van der Waals surface area contributed by atoms with E-state index in [2.05, 4.69) is 15.9 Å². The van der Waals surface area contributed by atoms with Crippen LogP contribution in [0.2, 0.25) is 0 Å². The van der Waals surface area contributed by atoms with Gasteiger partial charge < -0.3 is 5.73 Å². The van der Waals surface area contributed by atoms with Gasteiger partial charge >= 0.3 is 0 Å². The quantitative estimate of drug-likeness (QED) is 0.643. The fraction of sp³-hybridized carbons (Fsp3) is 0.222. The number of alkyl halides is 1. The van der Waals surface area contributed by atoms with Gasteiger partial charge in [0.25, 0.3) is 0 Å². The van der Waals surface area contributed by atoms with Gasteiger partial charge in [-0.3, -0.25) is 4.79 Å². The summed E-state index contributed by atoms with van der Waals surface area (Å²) >= 11 is 3.15. The fourth-order valence-corrected chi connectivity index (χ4v) is 1.28. The summed E-state index contributed by atoms with van der Waals surface area (Å²) in [7, 11) is 0. The average molecular weight is 246 g/mol. The van der Waals surface area contributed by atoms with Gasteiger partial charge in [-0.1, -0.05) is 15.9 Å². The molecular weight excluding hydrogens is 237 g/mol. The molecule has 0 heterocycles. The molecule has 0 aliphatic carbocycles. The van der Waals surface area contributed by atoms with E-state index >= 15 is 0 Å². The van der Waals surface area contributed by atoms with Crippen molar-refractivity contribution in [3.8, 4) is 0 Å². The smallest absolute Gasteiger partial charge is 0.147 e. The molecule has 1 rings (SSSR count). The first kappa shape index (κ1) is 10.2. The van der Waals surface area contributed by atoms with Gasteiger partial charge in [-0.2, -0.15) is 0 Å². The zero-order chi connectivity index (χ0) is 10.0. The Bertz CT molecular complexity index is 320. The Hall–Kier alpha value is -0.900. The second kappa shape index (κ2) is 3.87. The molecule has 1 atom stereocenters. The predicted molar refractivity (Wildman–Crippen MR) is 53.2 cm³/mol. The molecule has 2 nitrogen and oxygen atoms in total. The second-order valence-corrected chi connectivity index (χ2v) is 3.71. The maximum Gasteiger partial charge on any atom is 0.147 e. The van der Waals surface area contributed by atoms with Crippen molar-refractivity contribution in [3.63, 3.8) is 0 Å². The molecule has 1 aromatic rings. The molecule has 0 saturated carbocycles. The summed E-state index contributed by atoms with van der Waals surface area (Å²) in [6.45, 7) is 1.43. The molecule has 0 radical (unpaired) electrons. The highest BCUT2D eigenvalue weighted by Gasteiger charge is 2.13. The molecule has 0 saturated heterocycles. The lowest BCUT2D eigenvalue weighted by molar-refractivity contribution is -0.116. The number of carbonyl (C=O) groups is 1. The monoisotopic (exact) mass is 245 g/mol. The SMILES string of the molecule is CC(=O)C(Br)c1cc(N)cc(F)c1. The van der Waals surface area contributed by atoms with E-state index in [-0.39, 0.29) is 5.78 Å². The van der Waals surface area contributed by atoms with Gasteiger partial charge in [0.15, 0.2) is 0 Å². The number of rotatable bonds is 2. The lowest BCUT2D eigenvalue weighted by Gasteiger charge is -2.06. The molecule has 0 bridgehead atoms. The number of halogens is 2. The number of carbonyl (C=O) groups excluding carboxylic acids is 1. The minimum Gasteiger partial charge on any atom is -0.399 e. The maximum absolute atomic E-state index is 12.8. The van der Waals surface area contributed by atoms with Gasteiger partial charge in [-0.15, -0.1) is 0 Å². The number of anilines is 1. The van der Waals surface area contributed by atoms with Crippen LogP contribution in [0.5, 0.6) is 0 Å². The fourth-order valence-electron chi connectivity index (χ4n) is 1.02. The van der Waals surface area contributed by atoms with Crippen LogP contribution in [0.3, 0.4) is 0 Å². The minimum atomic E-state index is -0.481. The van der Waals surface area contributed by atoms with Gasteiger partial charge in [-0.25, -0.2) is 4.39 Å². The van der Waals surface area contributed by atoms with Crippen molar-refractivity contribution >= 4 is 27.4 Å². The van der Waals surface area contributed by atoms with Crippen molar-refractivity contribution in [1.29, 1.82) is 0 Å². The number of benzene rings is 1. The third-order valence-corrected chi connectivity index (χ3v) is 2.77. The van der Waals surface area contributed by atoms with E-state index in [1.165, 1.54) is 19.1 Å². The number of ketones is 1. The van der Waals surface area contributed by atoms with Crippen molar-refractivity contribution in [3.05, 3.63) is 29.6 Å². The standard InChI is InChI=1S/C9H9BrFNO/c1-5(13)9(10)6-2-7(11)4-8(12)3-6/h2-4,9H,12H2,1H3. The topological polar surface area (TPSA) is 43.1 Å². The minimum absolute atomic E-state index is 0.0787. The predicted octanol–water partition coefficient (Wildman–Crippen LogP) is 2.43. The summed E-state index contributed by atoms with van der Waals surface area (Å²) in [5.41, 5.74) is 6.29. The normalized spacial score (nSPS) is 12.5. The van der Waals surface area contributed by atoms with Crippen LogP contribution >= 0.6 is 15.9 Å². The molecular formula is C9H9BrFNO. The Balaban J connectivity index is 3.07. The molecule has 4 heteroatoms. The highest BCUT2D eigenvalue weighted by molar-refractivity contribution is 9.09. The number of Topliss-reactive ketones (excluding diaryl/α,β-unsaturated/α-hetero) is 1. The first-order valence-corrected chi connectivity index (χ1v) is 4.63. The summed E-state index contributed by atoms with van der Waals surface area (Å²) in [5, 5.41) is 0. The van der Waals surface area contributed by atoms with Crippen LogP contribution in [0.1, 0.15) is 17.3 Å². The van der Waals surface area contributed by atoms with Crippen LogP contribution in [0.4, 0.5) is 10.1 Å². The average Bonchev–Trinajstić information content (AvgIpc) is 2.01. The molecule has 0 aliphatic heterocycles. The molecule has 0 amide bonds. The first-order valence-electron chi connectivity index (χ1n) is 3.71. The number of hydrogen-bond acceptors (Lipinski definition) is 2. The molecule has 0 spiro atoms.